The van der Waals surface area contributed by atoms with Crippen LogP contribution in [-0.2, 0) is 6.42 Å². The summed E-state index contributed by atoms with van der Waals surface area (Å²) in [6, 6.07) is 5.17. The molecule has 6 heteroatoms. The van der Waals surface area contributed by atoms with Crippen molar-refractivity contribution in [1.29, 1.82) is 0 Å². The molecule has 0 radical (unpaired) electrons. The Kier molecular flexibility index (Phi) is 2.87. The van der Waals surface area contributed by atoms with E-state index >= 15 is 0 Å². The minimum absolute atomic E-state index is 0.0633. The van der Waals surface area contributed by atoms with Crippen LogP contribution < -0.4 is 0 Å². The van der Waals surface area contributed by atoms with E-state index in [1.807, 2.05) is 0 Å². The van der Waals surface area contributed by atoms with Crippen molar-refractivity contribution in [2.24, 2.45) is 0 Å². The average molecular weight is 278 g/mol. The molecular formula is C13H8F2N2OS. The standard InChI is InChI=1S/C13H8F2N2OS/c14-7-4-8(15)13-10(5-7)17-12(19-13)6-9-11(18)2-1-3-16-9/h1-5,18H,6H2. The van der Waals surface area contributed by atoms with Gasteiger partial charge in [0.25, 0.3) is 0 Å². The van der Waals surface area contributed by atoms with E-state index in [1.165, 1.54) is 12.1 Å². The lowest BCUT2D eigenvalue weighted by Crippen LogP contribution is -1.91. The fourth-order valence-electron chi connectivity index (χ4n) is 1.79. The Labute approximate surface area is 111 Å². The van der Waals surface area contributed by atoms with Crippen molar-refractivity contribution in [3.63, 3.8) is 0 Å². The van der Waals surface area contributed by atoms with Crippen molar-refractivity contribution in [2.75, 3.05) is 0 Å². The maximum Gasteiger partial charge on any atom is 0.145 e. The molecule has 0 aliphatic rings. The highest BCUT2D eigenvalue weighted by Gasteiger charge is 2.12. The maximum absolute atomic E-state index is 13.5. The van der Waals surface area contributed by atoms with E-state index in [4.69, 9.17) is 0 Å². The fourth-order valence-corrected chi connectivity index (χ4v) is 2.74. The van der Waals surface area contributed by atoms with Crippen molar-refractivity contribution < 1.29 is 13.9 Å². The number of hydrogen-bond acceptors (Lipinski definition) is 4. The third-order valence-electron chi connectivity index (χ3n) is 2.64. The summed E-state index contributed by atoms with van der Waals surface area (Å²) in [6.07, 6.45) is 1.84. The predicted molar refractivity (Wildman–Crippen MR) is 68.2 cm³/mol. The first-order valence-corrected chi connectivity index (χ1v) is 6.32. The summed E-state index contributed by atoms with van der Waals surface area (Å²) in [6.45, 7) is 0. The number of nitrogens with zero attached hydrogens (tertiary/aromatic N) is 2. The Balaban J connectivity index is 2.03. The van der Waals surface area contributed by atoms with Crippen LogP contribution in [0.5, 0.6) is 5.75 Å². The molecule has 3 aromatic rings. The molecule has 2 heterocycles. The van der Waals surface area contributed by atoms with Crippen LogP contribution in [0.2, 0.25) is 0 Å². The highest BCUT2D eigenvalue weighted by atomic mass is 32.1. The van der Waals surface area contributed by atoms with Crippen LogP contribution in [0.3, 0.4) is 0 Å². The fraction of sp³-hybridized carbons (Fsp3) is 0.0769. The highest BCUT2D eigenvalue weighted by Crippen LogP contribution is 2.28. The molecule has 0 saturated heterocycles. The summed E-state index contributed by atoms with van der Waals surface area (Å²) in [5.41, 5.74) is 0.746. The van der Waals surface area contributed by atoms with E-state index < -0.39 is 11.6 Å². The van der Waals surface area contributed by atoms with Gasteiger partial charge in [-0.05, 0) is 12.1 Å². The second kappa shape index (κ2) is 4.55. The molecule has 0 spiro atoms. The van der Waals surface area contributed by atoms with Gasteiger partial charge in [-0.25, -0.2) is 13.8 Å². The van der Waals surface area contributed by atoms with Gasteiger partial charge < -0.3 is 5.11 Å². The summed E-state index contributed by atoms with van der Waals surface area (Å²) in [4.78, 5) is 8.19. The molecule has 0 unspecified atom stereocenters. The van der Waals surface area contributed by atoms with Crippen LogP contribution in [-0.4, -0.2) is 15.1 Å². The van der Waals surface area contributed by atoms with Crippen LogP contribution in [0.15, 0.2) is 30.5 Å². The Morgan fingerprint density at radius 1 is 1.26 bits per heavy atom. The number of aromatic hydroxyl groups is 1. The number of pyridine rings is 1. The molecule has 19 heavy (non-hydrogen) atoms. The SMILES string of the molecule is Oc1cccnc1Cc1nc2cc(F)cc(F)c2s1. The summed E-state index contributed by atoms with van der Waals surface area (Å²) in [7, 11) is 0. The van der Waals surface area contributed by atoms with Gasteiger partial charge in [0.1, 0.15) is 22.4 Å². The lowest BCUT2D eigenvalue weighted by atomic mass is 10.2. The van der Waals surface area contributed by atoms with E-state index in [0.29, 0.717) is 15.4 Å². The average Bonchev–Trinajstić information content (AvgIpc) is 2.75. The number of rotatable bonds is 2. The zero-order valence-electron chi connectivity index (χ0n) is 9.60. The Hall–Kier alpha value is -2.08. The van der Waals surface area contributed by atoms with Crippen molar-refractivity contribution in [3.8, 4) is 5.75 Å². The molecule has 1 N–H and O–H groups in total. The molecule has 0 saturated carbocycles. The molecule has 3 rings (SSSR count). The second-order valence-corrected chi connectivity index (χ2v) is 5.07. The topological polar surface area (TPSA) is 46.0 Å². The first-order valence-electron chi connectivity index (χ1n) is 5.51. The van der Waals surface area contributed by atoms with Crippen molar-refractivity contribution >= 4 is 21.6 Å². The van der Waals surface area contributed by atoms with Gasteiger partial charge in [0.15, 0.2) is 0 Å². The molecule has 1 aromatic carbocycles. The molecule has 0 amide bonds. The largest absolute Gasteiger partial charge is 0.506 e. The third kappa shape index (κ3) is 2.26. The van der Waals surface area contributed by atoms with Gasteiger partial charge in [-0.3, -0.25) is 4.98 Å². The minimum Gasteiger partial charge on any atom is -0.506 e. The van der Waals surface area contributed by atoms with Gasteiger partial charge in [-0.2, -0.15) is 0 Å². The zero-order chi connectivity index (χ0) is 13.4. The summed E-state index contributed by atoms with van der Waals surface area (Å²) < 4.78 is 26.9. The number of fused-ring (bicyclic) bond motifs is 1. The molecule has 0 bridgehead atoms. The first kappa shape index (κ1) is 12.0. The zero-order valence-corrected chi connectivity index (χ0v) is 10.4. The van der Waals surface area contributed by atoms with Gasteiger partial charge in [-0.1, -0.05) is 0 Å². The number of halogens is 2. The van der Waals surface area contributed by atoms with Gasteiger partial charge >= 0.3 is 0 Å². The molecule has 96 valence electrons. The lowest BCUT2D eigenvalue weighted by molar-refractivity contribution is 0.465. The molecule has 0 atom stereocenters. The number of aromatic nitrogens is 2. The lowest BCUT2D eigenvalue weighted by Gasteiger charge is -1.99. The quantitative estimate of drug-likeness (QED) is 0.782. The van der Waals surface area contributed by atoms with Crippen LogP contribution in [0.4, 0.5) is 8.78 Å². The van der Waals surface area contributed by atoms with Crippen molar-refractivity contribution in [1.82, 2.24) is 9.97 Å². The van der Waals surface area contributed by atoms with E-state index in [9.17, 15) is 13.9 Å². The Morgan fingerprint density at radius 3 is 2.89 bits per heavy atom. The maximum atomic E-state index is 13.5. The summed E-state index contributed by atoms with van der Waals surface area (Å²) in [5.74, 6) is -1.21. The molecular weight excluding hydrogens is 270 g/mol. The number of benzene rings is 1. The Bertz CT molecular complexity index is 757. The van der Waals surface area contributed by atoms with Crippen LogP contribution >= 0.6 is 11.3 Å². The van der Waals surface area contributed by atoms with Gasteiger partial charge in [0, 0.05) is 24.8 Å². The molecule has 2 aromatic heterocycles. The van der Waals surface area contributed by atoms with E-state index in [2.05, 4.69) is 9.97 Å². The molecule has 3 nitrogen and oxygen atoms in total. The van der Waals surface area contributed by atoms with Gasteiger partial charge in [-0.15, -0.1) is 11.3 Å². The monoisotopic (exact) mass is 278 g/mol. The Morgan fingerprint density at radius 2 is 2.11 bits per heavy atom. The summed E-state index contributed by atoms with van der Waals surface area (Å²) in [5, 5.41) is 10.2. The number of hydrogen-bond donors (Lipinski definition) is 1. The van der Waals surface area contributed by atoms with Gasteiger partial charge in [0.2, 0.25) is 0 Å². The van der Waals surface area contributed by atoms with Crippen LogP contribution in [0.25, 0.3) is 10.2 Å². The third-order valence-corrected chi connectivity index (χ3v) is 3.72. The van der Waals surface area contributed by atoms with E-state index in [-0.39, 0.29) is 17.7 Å². The predicted octanol–water partition coefficient (Wildman–Crippen LogP) is 3.27. The molecule has 0 aliphatic carbocycles. The first-order chi connectivity index (χ1) is 9.13. The summed E-state index contributed by atoms with van der Waals surface area (Å²) >= 11 is 1.13. The van der Waals surface area contributed by atoms with Gasteiger partial charge in [0.05, 0.1) is 15.9 Å². The van der Waals surface area contributed by atoms with E-state index in [0.717, 1.165) is 17.4 Å². The van der Waals surface area contributed by atoms with Crippen LogP contribution in [0, 0.1) is 11.6 Å². The normalized spacial score (nSPS) is 11.1. The van der Waals surface area contributed by atoms with Crippen molar-refractivity contribution in [3.05, 3.63) is 52.8 Å². The smallest absolute Gasteiger partial charge is 0.145 e. The molecule has 0 fully saturated rings. The number of thiazole rings is 1. The molecule has 0 aliphatic heterocycles. The van der Waals surface area contributed by atoms with Crippen molar-refractivity contribution in [2.45, 2.75) is 6.42 Å². The van der Waals surface area contributed by atoms with E-state index in [1.54, 1.807) is 12.3 Å². The highest BCUT2D eigenvalue weighted by molar-refractivity contribution is 7.18. The minimum atomic E-state index is -0.650. The van der Waals surface area contributed by atoms with Crippen LogP contribution in [0.1, 0.15) is 10.7 Å². The second-order valence-electron chi connectivity index (χ2n) is 3.99.